The molecular formula is C11H11ClN2. The largest absolute Gasteiger partial charge is 0.354 e. The molecule has 1 aromatic rings. The van der Waals surface area contributed by atoms with Crippen LogP contribution >= 0.6 is 11.6 Å². The van der Waals surface area contributed by atoms with E-state index in [2.05, 4.69) is 16.0 Å². The lowest BCUT2D eigenvalue weighted by Crippen LogP contribution is -2.34. The summed E-state index contributed by atoms with van der Waals surface area (Å²) in [4.78, 5) is 6.54. The van der Waals surface area contributed by atoms with Crippen LogP contribution in [0.25, 0.3) is 0 Å². The maximum Gasteiger partial charge on any atom is 0.0856 e. The first-order valence-electron chi connectivity index (χ1n) is 4.89. The second kappa shape index (κ2) is 2.99. The predicted octanol–water partition coefficient (Wildman–Crippen LogP) is 2.28. The van der Waals surface area contributed by atoms with Crippen molar-refractivity contribution in [3.05, 3.63) is 34.3 Å². The third-order valence-corrected chi connectivity index (χ3v) is 3.38. The maximum absolute atomic E-state index is 6.09. The average molecular weight is 207 g/mol. The van der Waals surface area contributed by atoms with Crippen LogP contribution in [0, 0.1) is 0 Å². The molecule has 1 aromatic carbocycles. The lowest BCUT2D eigenvalue weighted by atomic mass is 9.82. The van der Waals surface area contributed by atoms with Crippen LogP contribution in [0.3, 0.4) is 0 Å². The van der Waals surface area contributed by atoms with Gasteiger partial charge in [0.15, 0.2) is 0 Å². The summed E-state index contributed by atoms with van der Waals surface area (Å²) in [5.74, 6) is 0. The highest BCUT2D eigenvalue weighted by atomic mass is 35.5. The van der Waals surface area contributed by atoms with E-state index in [1.54, 1.807) is 0 Å². The van der Waals surface area contributed by atoms with Crippen LogP contribution in [0.5, 0.6) is 0 Å². The lowest BCUT2D eigenvalue weighted by molar-refractivity contribution is 0.317. The van der Waals surface area contributed by atoms with Crippen molar-refractivity contribution in [2.45, 2.75) is 12.5 Å². The van der Waals surface area contributed by atoms with E-state index >= 15 is 0 Å². The molecule has 2 nitrogen and oxygen atoms in total. The van der Waals surface area contributed by atoms with Gasteiger partial charge in [0, 0.05) is 11.6 Å². The molecule has 0 spiro atoms. The number of nitrogens with zero attached hydrogens (tertiary/aromatic N) is 2. The highest BCUT2D eigenvalue weighted by molar-refractivity contribution is 6.31. The number of aliphatic imine (C=N–C) groups is 1. The van der Waals surface area contributed by atoms with Gasteiger partial charge in [-0.3, -0.25) is 4.99 Å². The molecule has 0 radical (unpaired) electrons. The molecule has 1 unspecified atom stereocenters. The van der Waals surface area contributed by atoms with E-state index in [4.69, 9.17) is 11.6 Å². The normalized spacial score (nSPS) is 23.5. The molecule has 3 rings (SSSR count). The molecule has 3 heteroatoms. The molecule has 0 amide bonds. The fourth-order valence-corrected chi connectivity index (χ4v) is 2.46. The molecule has 1 atom stereocenters. The fourth-order valence-electron chi connectivity index (χ4n) is 2.20. The van der Waals surface area contributed by atoms with Gasteiger partial charge in [0.1, 0.15) is 0 Å². The van der Waals surface area contributed by atoms with E-state index in [0.29, 0.717) is 6.04 Å². The zero-order valence-corrected chi connectivity index (χ0v) is 8.54. The molecule has 0 saturated carbocycles. The number of benzene rings is 1. The van der Waals surface area contributed by atoms with Gasteiger partial charge in [0.05, 0.1) is 18.9 Å². The Bertz CT molecular complexity index is 400. The van der Waals surface area contributed by atoms with Crippen LogP contribution in [0.15, 0.2) is 23.2 Å². The standard InChI is InChI=1S/C11H11ClN2/c12-10-3-1-2-8-9(10)6-11(8)14-5-4-13-7-14/h1-3,7,11H,4-6H2. The summed E-state index contributed by atoms with van der Waals surface area (Å²) in [6.07, 6.45) is 3.04. The zero-order valence-electron chi connectivity index (χ0n) is 7.78. The van der Waals surface area contributed by atoms with Gasteiger partial charge in [0.25, 0.3) is 0 Å². The van der Waals surface area contributed by atoms with Gasteiger partial charge in [-0.25, -0.2) is 0 Å². The first kappa shape index (κ1) is 8.30. The van der Waals surface area contributed by atoms with Gasteiger partial charge in [-0.15, -0.1) is 0 Å². The quantitative estimate of drug-likeness (QED) is 0.689. The van der Waals surface area contributed by atoms with Crippen molar-refractivity contribution in [3.63, 3.8) is 0 Å². The Morgan fingerprint density at radius 2 is 2.36 bits per heavy atom. The van der Waals surface area contributed by atoms with Gasteiger partial charge in [-0.2, -0.15) is 0 Å². The minimum atomic E-state index is 0.523. The molecule has 0 saturated heterocycles. The SMILES string of the molecule is Clc1cccc2c1CC2N1C=NCC1. The molecule has 14 heavy (non-hydrogen) atoms. The molecule has 72 valence electrons. The molecular weight excluding hydrogens is 196 g/mol. The van der Waals surface area contributed by atoms with Crippen molar-refractivity contribution < 1.29 is 0 Å². The van der Waals surface area contributed by atoms with Gasteiger partial charge in [-0.05, 0) is 23.6 Å². The molecule has 0 bridgehead atoms. The molecule has 2 aliphatic rings. The van der Waals surface area contributed by atoms with Crippen LogP contribution < -0.4 is 0 Å². The monoisotopic (exact) mass is 206 g/mol. The van der Waals surface area contributed by atoms with Crippen molar-refractivity contribution in [1.29, 1.82) is 0 Å². The molecule has 1 heterocycles. The van der Waals surface area contributed by atoms with Crippen LogP contribution in [0.1, 0.15) is 17.2 Å². The summed E-state index contributed by atoms with van der Waals surface area (Å²) in [6.45, 7) is 1.99. The third-order valence-electron chi connectivity index (χ3n) is 3.03. The van der Waals surface area contributed by atoms with E-state index < -0.39 is 0 Å². The van der Waals surface area contributed by atoms with Gasteiger partial charge in [-0.1, -0.05) is 23.7 Å². The van der Waals surface area contributed by atoms with Crippen LogP contribution in [-0.2, 0) is 6.42 Å². The summed E-state index contributed by atoms with van der Waals surface area (Å²) >= 11 is 6.09. The maximum atomic E-state index is 6.09. The summed E-state index contributed by atoms with van der Waals surface area (Å²) in [5, 5.41) is 0.912. The van der Waals surface area contributed by atoms with Crippen molar-refractivity contribution in [2.24, 2.45) is 4.99 Å². The summed E-state index contributed by atoms with van der Waals surface area (Å²) in [7, 11) is 0. The van der Waals surface area contributed by atoms with E-state index in [-0.39, 0.29) is 0 Å². The summed E-state index contributed by atoms with van der Waals surface area (Å²) in [5.41, 5.74) is 2.70. The molecule has 0 fully saturated rings. The Kier molecular flexibility index (Phi) is 1.77. The number of fused-ring (bicyclic) bond motifs is 1. The molecule has 0 aromatic heterocycles. The Hall–Kier alpha value is -1.02. The van der Waals surface area contributed by atoms with E-state index in [1.807, 2.05) is 18.5 Å². The van der Waals surface area contributed by atoms with E-state index in [0.717, 1.165) is 24.5 Å². The Balaban J connectivity index is 1.91. The fraction of sp³-hybridized carbons (Fsp3) is 0.364. The first-order valence-corrected chi connectivity index (χ1v) is 5.27. The van der Waals surface area contributed by atoms with E-state index in [9.17, 15) is 0 Å². The van der Waals surface area contributed by atoms with Crippen molar-refractivity contribution in [3.8, 4) is 0 Å². The highest BCUT2D eigenvalue weighted by Crippen LogP contribution is 2.41. The average Bonchev–Trinajstić information content (AvgIpc) is 2.62. The molecule has 0 N–H and O–H groups in total. The van der Waals surface area contributed by atoms with Crippen LogP contribution in [0.4, 0.5) is 0 Å². The zero-order chi connectivity index (χ0) is 9.54. The topological polar surface area (TPSA) is 15.6 Å². The van der Waals surface area contributed by atoms with Crippen molar-refractivity contribution in [1.82, 2.24) is 4.90 Å². The summed E-state index contributed by atoms with van der Waals surface area (Å²) in [6, 6.07) is 6.69. The minimum absolute atomic E-state index is 0.523. The first-order chi connectivity index (χ1) is 6.86. The van der Waals surface area contributed by atoms with Crippen molar-refractivity contribution in [2.75, 3.05) is 13.1 Å². The highest BCUT2D eigenvalue weighted by Gasteiger charge is 2.32. The third kappa shape index (κ3) is 1.07. The number of hydrogen-bond acceptors (Lipinski definition) is 2. The van der Waals surface area contributed by atoms with E-state index in [1.165, 1.54) is 11.1 Å². The lowest BCUT2D eigenvalue weighted by Gasteiger charge is -2.37. The van der Waals surface area contributed by atoms with Gasteiger partial charge in [0.2, 0.25) is 0 Å². The van der Waals surface area contributed by atoms with Crippen LogP contribution in [0.2, 0.25) is 5.02 Å². The molecule has 1 aliphatic carbocycles. The second-order valence-corrected chi connectivity index (χ2v) is 4.19. The Morgan fingerprint density at radius 1 is 1.43 bits per heavy atom. The number of hydrogen-bond donors (Lipinski definition) is 0. The van der Waals surface area contributed by atoms with Crippen molar-refractivity contribution >= 4 is 17.9 Å². The Labute approximate surface area is 88.2 Å². The number of rotatable bonds is 1. The van der Waals surface area contributed by atoms with Gasteiger partial charge >= 0.3 is 0 Å². The Morgan fingerprint density at radius 3 is 3.14 bits per heavy atom. The number of halogens is 1. The molecule has 1 aliphatic heterocycles. The minimum Gasteiger partial charge on any atom is -0.354 e. The smallest absolute Gasteiger partial charge is 0.0856 e. The predicted molar refractivity (Wildman–Crippen MR) is 58.0 cm³/mol. The van der Waals surface area contributed by atoms with Crippen LogP contribution in [-0.4, -0.2) is 24.3 Å². The summed E-state index contributed by atoms with van der Waals surface area (Å²) < 4.78 is 0. The second-order valence-electron chi connectivity index (χ2n) is 3.79. The van der Waals surface area contributed by atoms with Gasteiger partial charge < -0.3 is 4.90 Å².